The van der Waals surface area contributed by atoms with Crippen LogP contribution in [0.4, 0.5) is 0 Å². The SMILES string of the molecule is COC(=O)C=Cc1cc(OC)c(O[Si](C)(C)C)c(OC)c1. The summed E-state index contributed by atoms with van der Waals surface area (Å²) in [5.41, 5.74) is 0.761. The minimum Gasteiger partial charge on any atom is -0.539 e. The van der Waals surface area contributed by atoms with Gasteiger partial charge in [-0.05, 0) is 43.4 Å². The third kappa shape index (κ3) is 5.15. The van der Waals surface area contributed by atoms with Crippen LogP contribution in [0.25, 0.3) is 6.08 Å². The van der Waals surface area contributed by atoms with Gasteiger partial charge in [0.05, 0.1) is 21.3 Å². The highest BCUT2D eigenvalue weighted by Gasteiger charge is 2.22. The summed E-state index contributed by atoms with van der Waals surface area (Å²) in [4.78, 5) is 11.2. The zero-order chi connectivity index (χ0) is 16.0. The first-order chi connectivity index (χ1) is 9.80. The molecule has 0 aliphatic carbocycles. The molecular weight excluding hydrogens is 288 g/mol. The Labute approximate surface area is 126 Å². The molecule has 1 aromatic carbocycles. The lowest BCUT2D eigenvalue weighted by molar-refractivity contribution is -0.134. The molecule has 0 radical (unpaired) electrons. The molecule has 0 amide bonds. The number of ether oxygens (including phenoxy) is 3. The second kappa shape index (κ2) is 7.17. The van der Waals surface area contributed by atoms with Crippen molar-refractivity contribution >= 4 is 20.4 Å². The highest BCUT2D eigenvalue weighted by Crippen LogP contribution is 2.40. The Bertz CT molecular complexity index is 506. The van der Waals surface area contributed by atoms with Gasteiger partial charge in [0.25, 0.3) is 0 Å². The Kier molecular flexibility index (Phi) is 5.84. The molecule has 0 unspecified atom stereocenters. The molecule has 0 fully saturated rings. The van der Waals surface area contributed by atoms with Crippen molar-refractivity contribution < 1.29 is 23.4 Å². The van der Waals surface area contributed by atoms with E-state index in [4.69, 9.17) is 13.9 Å². The minimum absolute atomic E-state index is 0.421. The molecule has 0 atom stereocenters. The Balaban J connectivity index is 3.23. The molecule has 0 saturated heterocycles. The molecule has 0 N–H and O–H groups in total. The second-order valence-electron chi connectivity index (χ2n) is 5.33. The van der Waals surface area contributed by atoms with Gasteiger partial charge in [-0.25, -0.2) is 4.79 Å². The van der Waals surface area contributed by atoms with Gasteiger partial charge in [0, 0.05) is 6.08 Å². The maximum atomic E-state index is 11.2. The Morgan fingerprint density at radius 3 is 1.95 bits per heavy atom. The van der Waals surface area contributed by atoms with Crippen LogP contribution in [0.15, 0.2) is 18.2 Å². The van der Waals surface area contributed by atoms with E-state index in [-0.39, 0.29) is 0 Å². The molecule has 0 spiro atoms. The van der Waals surface area contributed by atoms with Crippen molar-refractivity contribution in [3.8, 4) is 17.2 Å². The molecule has 1 aromatic rings. The van der Waals surface area contributed by atoms with Gasteiger partial charge < -0.3 is 18.6 Å². The lowest BCUT2D eigenvalue weighted by Gasteiger charge is -2.23. The number of hydrogen-bond donors (Lipinski definition) is 0. The largest absolute Gasteiger partial charge is 0.539 e. The standard InChI is InChI=1S/C15H22O5Si/c1-17-12-9-11(7-8-14(16)19-3)10-13(18-2)15(12)20-21(4,5)6/h7-10H,1-6H3. The van der Waals surface area contributed by atoms with Gasteiger partial charge in [-0.3, -0.25) is 0 Å². The van der Waals surface area contributed by atoms with Crippen molar-refractivity contribution in [2.24, 2.45) is 0 Å². The molecule has 1 rings (SSSR count). The summed E-state index contributed by atoms with van der Waals surface area (Å²) in [5, 5.41) is 0. The number of carbonyl (C=O) groups excluding carboxylic acids is 1. The molecule has 0 heterocycles. The Morgan fingerprint density at radius 1 is 1.05 bits per heavy atom. The highest BCUT2D eigenvalue weighted by atomic mass is 28.4. The van der Waals surface area contributed by atoms with Gasteiger partial charge in [0.2, 0.25) is 8.32 Å². The van der Waals surface area contributed by atoms with E-state index in [9.17, 15) is 4.79 Å². The summed E-state index contributed by atoms with van der Waals surface area (Å²) in [6.45, 7) is 6.24. The van der Waals surface area contributed by atoms with Gasteiger partial charge >= 0.3 is 5.97 Å². The highest BCUT2D eigenvalue weighted by molar-refractivity contribution is 6.70. The summed E-state index contributed by atoms with van der Waals surface area (Å²) in [6.07, 6.45) is 2.97. The molecule has 21 heavy (non-hydrogen) atoms. The molecule has 6 heteroatoms. The summed E-state index contributed by atoms with van der Waals surface area (Å²) in [7, 11) is 2.67. The topological polar surface area (TPSA) is 54.0 Å². The third-order valence-electron chi connectivity index (χ3n) is 2.50. The summed E-state index contributed by atoms with van der Waals surface area (Å²) in [6, 6.07) is 3.58. The number of carbonyl (C=O) groups is 1. The lowest BCUT2D eigenvalue weighted by Crippen LogP contribution is -2.29. The van der Waals surface area contributed by atoms with Crippen LogP contribution >= 0.6 is 0 Å². The fourth-order valence-corrected chi connectivity index (χ4v) is 2.45. The van der Waals surface area contributed by atoms with Gasteiger partial charge in [-0.15, -0.1) is 0 Å². The maximum absolute atomic E-state index is 11.2. The van der Waals surface area contributed by atoms with E-state index in [1.807, 2.05) is 0 Å². The van der Waals surface area contributed by atoms with Crippen LogP contribution < -0.4 is 13.9 Å². The molecule has 0 aromatic heterocycles. The van der Waals surface area contributed by atoms with Crippen molar-refractivity contribution in [1.82, 2.24) is 0 Å². The predicted molar refractivity (Wildman–Crippen MR) is 84.6 cm³/mol. The van der Waals surface area contributed by atoms with E-state index < -0.39 is 14.3 Å². The molecule has 0 aliphatic heterocycles. The van der Waals surface area contributed by atoms with Gasteiger partial charge in [0.1, 0.15) is 0 Å². The van der Waals surface area contributed by atoms with Crippen LogP contribution in [-0.4, -0.2) is 35.6 Å². The number of hydrogen-bond acceptors (Lipinski definition) is 5. The van der Waals surface area contributed by atoms with Gasteiger partial charge in [-0.2, -0.15) is 0 Å². The van der Waals surface area contributed by atoms with Gasteiger partial charge in [0.15, 0.2) is 17.2 Å². The zero-order valence-corrected chi connectivity index (χ0v) is 14.4. The summed E-state index contributed by atoms with van der Waals surface area (Å²) >= 11 is 0. The van der Waals surface area contributed by atoms with Crippen LogP contribution in [0.1, 0.15) is 5.56 Å². The zero-order valence-electron chi connectivity index (χ0n) is 13.4. The van der Waals surface area contributed by atoms with E-state index in [0.717, 1.165) is 5.56 Å². The van der Waals surface area contributed by atoms with Gasteiger partial charge in [-0.1, -0.05) is 0 Å². The number of benzene rings is 1. The smallest absolute Gasteiger partial charge is 0.330 e. The molecule has 0 bridgehead atoms. The third-order valence-corrected chi connectivity index (χ3v) is 3.32. The number of esters is 1. The van der Waals surface area contributed by atoms with Crippen LogP contribution in [0, 0.1) is 0 Å². The molecule has 0 aliphatic rings. The summed E-state index contributed by atoms with van der Waals surface area (Å²) < 4.78 is 21.3. The van der Waals surface area contributed by atoms with Crippen LogP contribution in [0.3, 0.4) is 0 Å². The first-order valence-corrected chi connectivity index (χ1v) is 9.92. The van der Waals surface area contributed by atoms with E-state index in [1.165, 1.54) is 13.2 Å². The monoisotopic (exact) mass is 310 g/mol. The number of rotatable bonds is 6. The Morgan fingerprint density at radius 2 is 1.57 bits per heavy atom. The second-order valence-corrected chi connectivity index (χ2v) is 9.75. The maximum Gasteiger partial charge on any atom is 0.330 e. The molecule has 116 valence electrons. The van der Waals surface area contributed by atoms with E-state index in [0.29, 0.717) is 17.2 Å². The molecular formula is C15H22O5Si. The van der Waals surface area contributed by atoms with Crippen LogP contribution in [0.5, 0.6) is 17.2 Å². The van der Waals surface area contributed by atoms with E-state index in [2.05, 4.69) is 24.4 Å². The van der Waals surface area contributed by atoms with Crippen molar-refractivity contribution in [3.05, 3.63) is 23.8 Å². The average Bonchev–Trinajstić information content (AvgIpc) is 2.43. The van der Waals surface area contributed by atoms with E-state index >= 15 is 0 Å². The van der Waals surface area contributed by atoms with Crippen LogP contribution in [-0.2, 0) is 9.53 Å². The van der Waals surface area contributed by atoms with Crippen molar-refractivity contribution in [1.29, 1.82) is 0 Å². The molecule has 5 nitrogen and oxygen atoms in total. The normalized spacial score (nSPS) is 11.3. The Hall–Kier alpha value is -1.95. The average molecular weight is 310 g/mol. The lowest BCUT2D eigenvalue weighted by atomic mass is 10.1. The fourth-order valence-electron chi connectivity index (χ4n) is 1.64. The van der Waals surface area contributed by atoms with Crippen molar-refractivity contribution in [2.45, 2.75) is 19.6 Å². The quantitative estimate of drug-likeness (QED) is 0.459. The van der Waals surface area contributed by atoms with Crippen LogP contribution in [0.2, 0.25) is 19.6 Å². The van der Waals surface area contributed by atoms with Crippen molar-refractivity contribution in [3.63, 3.8) is 0 Å². The van der Waals surface area contributed by atoms with E-state index in [1.54, 1.807) is 32.4 Å². The fraction of sp³-hybridized carbons (Fsp3) is 0.400. The summed E-state index contributed by atoms with van der Waals surface area (Å²) in [5.74, 6) is 1.31. The molecule has 0 saturated carbocycles. The minimum atomic E-state index is -1.81. The first kappa shape index (κ1) is 17.1. The number of methoxy groups -OCH3 is 3. The first-order valence-electron chi connectivity index (χ1n) is 6.51. The predicted octanol–water partition coefficient (Wildman–Crippen LogP) is 3.10. The van der Waals surface area contributed by atoms with Crippen molar-refractivity contribution in [2.75, 3.05) is 21.3 Å².